The Morgan fingerprint density at radius 1 is 1.27 bits per heavy atom. The third kappa shape index (κ3) is 4.22. The van der Waals surface area contributed by atoms with Crippen LogP contribution in [0.15, 0.2) is 12.3 Å². The maximum absolute atomic E-state index is 8.30. The van der Waals surface area contributed by atoms with E-state index in [9.17, 15) is 0 Å². The summed E-state index contributed by atoms with van der Waals surface area (Å²) in [4.78, 5) is 0. The molecule has 0 spiro atoms. The molecule has 0 atom stereocenters. The molecule has 22 heavy (non-hydrogen) atoms. The molecule has 0 aliphatic carbocycles. The van der Waals surface area contributed by atoms with Crippen molar-refractivity contribution >= 4 is 20.7 Å². The van der Waals surface area contributed by atoms with Crippen molar-refractivity contribution in [2.45, 2.75) is 71.3 Å². The molecule has 124 valence electrons. The van der Waals surface area contributed by atoms with Crippen LogP contribution in [0, 0.1) is 0 Å². The molecule has 1 fully saturated rings. The Bertz CT molecular complexity index is 586. The maximum atomic E-state index is 8.30. The monoisotopic (exact) mass is 326 g/mol. The van der Waals surface area contributed by atoms with Crippen molar-refractivity contribution in [3.63, 3.8) is 0 Å². The molecule has 7 heteroatoms. The first-order valence-corrected chi connectivity index (χ1v) is 11.5. The summed E-state index contributed by atoms with van der Waals surface area (Å²) in [7, 11) is -1.89. The second kappa shape index (κ2) is 6.11. The van der Waals surface area contributed by atoms with Crippen LogP contribution in [0.3, 0.4) is 0 Å². The van der Waals surface area contributed by atoms with Crippen LogP contribution >= 0.6 is 0 Å². The van der Waals surface area contributed by atoms with Gasteiger partial charge in [0.1, 0.15) is 6.73 Å². The molecule has 1 saturated heterocycles. The van der Waals surface area contributed by atoms with Crippen LogP contribution < -0.4 is 5.46 Å². The van der Waals surface area contributed by atoms with Crippen LogP contribution in [-0.2, 0) is 20.8 Å². The molecule has 2 rings (SSSR count). The second-order valence-corrected chi connectivity index (χ2v) is 13.7. The van der Waals surface area contributed by atoms with Crippen molar-refractivity contribution in [1.82, 2.24) is 9.78 Å². The zero-order chi connectivity index (χ0) is 18.3. The normalized spacial score (nSPS) is 21.9. The summed E-state index contributed by atoms with van der Waals surface area (Å²) in [5, 5.41) is 4.11. The van der Waals surface area contributed by atoms with Crippen molar-refractivity contribution in [2.24, 2.45) is 0 Å². The van der Waals surface area contributed by atoms with Gasteiger partial charge in [-0.3, -0.25) is 0 Å². The highest BCUT2D eigenvalue weighted by atomic mass is 28.3. The summed E-state index contributed by atoms with van der Waals surface area (Å²) in [6, 6.07) is 1.05. The lowest BCUT2D eigenvalue weighted by Crippen LogP contribution is -2.41. The van der Waals surface area contributed by atoms with Gasteiger partial charge in [0, 0.05) is 32.5 Å². The van der Waals surface area contributed by atoms with Crippen LogP contribution in [-0.4, -0.2) is 42.8 Å². The molecule has 0 aromatic carbocycles. The van der Waals surface area contributed by atoms with Crippen LogP contribution in [0.4, 0.5) is 0 Å². The fraction of sp³-hybridized carbons (Fsp3) is 0.800. The third-order valence-electron chi connectivity index (χ3n) is 4.24. The first-order chi connectivity index (χ1) is 10.8. The van der Waals surface area contributed by atoms with Gasteiger partial charge in [0.15, 0.2) is 0 Å². The van der Waals surface area contributed by atoms with E-state index in [0.717, 1.165) is 6.04 Å². The Hall–Kier alpha value is -0.628. The lowest BCUT2D eigenvalue weighted by Gasteiger charge is -2.32. The average molecular weight is 326 g/mol. The molecule has 2 heterocycles. The summed E-state index contributed by atoms with van der Waals surface area (Å²) in [5.74, 6) is 0. The number of nitrogens with zero attached hydrogens (tertiary/aromatic N) is 2. The first-order valence-electron chi connectivity index (χ1n) is 8.81. The average Bonchev–Trinajstić information content (AvgIpc) is 2.77. The highest BCUT2D eigenvalue weighted by Crippen LogP contribution is 2.36. The van der Waals surface area contributed by atoms with E-state index in [0.29, 0.717) is 12.1 Å². The van der Waals surface area contributed by atoms with Crippen molar-refractivity contribution in [3.8, 4) is 0 Å². The van der Waals surface area contributed by atoms with E-state index in [4.69, 9.17) is 16.8 Å². The highest BCUT2D eigenvalue weighted by molar-refractivity contribution is 6.76. The highest BCUT2D eigenvalue weighted by Gasteiger charge is 2.52. The molecule has 5 nitrogen and oxygen atoms in total. The number of hydrogen-bond acceptors (Lipinski definition) is 4. The fourth-order valence-corrected chi connectivity index (χ4v) is 2.72. The maximum Gasteiger partial charge on any atom is 0.498 e. The molecule has 1 aromatic rings. The number of aromatic nitrogens is 2. The number of hydrogen-bond donors (Lipinski definition) is 0. The number of ether oxygens (including phenoxy) is 1. The molecule has 1 aliphatic rings. The predicted molar refractivity (Wildman–Crippen MR) is 92.0 cm³/mol. The summed E-state index contributed by atoms with van der Waals surface area (Å²) in [5.41, 5.74) is -0.652. The summed E-state index contributed by atoms with van der Waals surface area (Å²) < 4.78 is 35.3. The van der Waals surface area contributed by atoms with Gasteiger partial charge < -0.3 is 14.0 Å². The SMILES string of the molecule is [2H]c1nn(COCC[Si](C)(C)C)c([2H])c1B1OC(C)(C)C(C)(C)O1. The van der Waals surface area contributed by atoms with Crippen molar-refractivity contribution < 1.29 is 16.8 Å². The molecular formula is C15H29BN2O3Si. The van der Waals surface area contributed by atoms with E-state index in [1.165, 1.54) is 4.68 Å². The molecule has 0 radical (unpaired) electrons. The second-order valence-electron chi connectivity index (χ2n) is 8.07. The molecule has 0 bridgehead atoms. The Labute approximate surface area is 138 Å². The van der Waals surface area contributed by atoms with Crippen molar-refractivity contribution in [3.05, 3.63) is 12.3 Å². The van der Waals surface area contributed by atoms with Gasteiger partial charge in [0.05, 0.1) is 13.9 Å². The van der Waals surface area contributed by atoms with Crippen LogP contribution in [0.1, 0.15) is 30.4 Å². The van der Waals surface area contributed by atoms with Crippen LogP contribution in [0.25, 0.3) is 0 Å². The quantitative estimate of drug-likeness (QED) is 0.595. The first kappa shape index (κ1) is 14.9. The summed E-state index contributed by atoms with van der Waals surface area (Å²) in [6.07, 6.45) is 0.124. The molecule has 0 saturated carbocycles. The predicted octanol–water partition coefficient (Wildman–Crippen LogP) is 2.49. The van der Waals surface area contributed by atoms with Gasteiger partial charge in [-0.05, 0) is 33.7 Å². The van der Waals surface area contributed by atoms with Crippen LogP contribution in [0.2, 0.25) is 25.7 Å². The van der Waals surface area contributed by atoms with E-state index < -0.39 is 26.4 Å². The smallest absolute Gasteiger partial charge is 0.399 e. The van der Waals surface area contributed by atoms with Gasteiger partial charge in [-0.1, -0.05) is 19.6 Å². The summed E-state index contributed by atoms with van der Waals surface area (Å²) >= 11 is 0. The Balaban J connectivity index is 2.07. The Kier molecular flexibility index (Phi) is 4.15. The lowest BCUT2D eigenvalue weighted by atomic mass is 9.82. The zero-order valence-electron chi connectivity index (χ0n) is 16.8. The van der Waals surface area contributed by atoms with E-state index >= 15 is 0 Å². The van der Waals surface area contributed by atoms with E-state index in [1.807, 2.05) is 27.7 Å². The van der Waals surface area contributed by atoms with Crippen molar-refractivity contribution in [2.75, 3.05) is 6.61 Å². The van der Waals surface area contributed by atoms with Gasteiger partial charge in [0.2, 0.25) is 0 Å². The molecule has 1 aromatic heterocycles. The minimum absolute atomic E-state index is 0.00676. The van der Waals surface area contributed by atoms with Gasteiger partial charge in [-0.2, -0.15) is 5.10 Å². The molecule has 0 amide bonds. The van der Waals surface area contributed by atoms with E-state index in [-0.39, 0.29) is 19.1 Å². The molecule has 0 unspecified atom stereocenters. The minimum Gasteiger partial charge on any atom is -0.399 e. The number of rotatable bonds is 6. The fourth-order valence-electron chi connectivity index (χ4n) is 1.96. The Morgan fingerprint density at radius 3 is 2.41 bits per heavy atom. The Morgan fingerprint density at radius 2 is 1.86 bits per heavy atom. The van der Waals surface area contributed by atoms with Crippen molar-refractivity contribution in [1.29, 1.82) is 0 Å². The lowest BCUT2D eigenvalue weighted by molar-refractivity contribution is 0.00578. The minimum atomic E-state index is -1.15. The summed E-state index contributed by atoms with van der Waals surface area (Å²) in [6.45, 7) is 15.5. The molecule has 1 aliphatic heterocycles. The van der Waals surface area contributed by atoms with Gasteiger partial charge in [0.25, 0.3) is 0 Å². The molecule has 0 N–H and O–H groups in total. The molecular weight excluding hydrogens is 295 g/mol. The van der Waals surface area contributed by atoms with Crippen LogP contribution in [0.5, 0.6) is 0 Å². The van der Waals surface area contributed by atoms with E-state index in [1.54, 1.807) is 0 Å². The van der Waals surface area contributed by atoms with Gasteiger partial charge in [-0.15, -0.1) is 0 Å². The standard InChI is InChI=1S/C15H29BN2O3Si/c1-14(2)15(3,4)21-16(20-14)13-10-17-18(11-13)12-19-8-9-22(5,6)7/h10-11H,8-9,12H2,1-7H3/i10D,11D. The van der Waals surface area contributed by atoms with E-state index in [2.05, 4.69) is 24.7 Å². The largest absolute Gasteiger partial charge is 0.498 e. The zero-order valence-corrected chi connectivity index (χ0v) is 15.8. The topological polar surface area (TPSA) is 45.5 Å². The van der Waals surface area contributed by atoms with Gasteiger partial charge >= 0.3 is 7.12 Å². The third-order valence-corrected chi connectivity index (χ3v) is 5.94. The van der Waals surface area contributed by atoms with Gasteiger partial charge in [-0.25, -0.2) is 4.68 Å².